The maximum atomic E-state index is 12.5. The summed E-state index contributed by atoms with van der Waals surface area (Å²) >= 11 is 0. The van der Waals surface area contributed by atoms with Crippen LogP contribution in [0.2, 0.25) is 0 Å². The molecule has 0 saturated carbocycles. The lowest BCUT2D eigenvalue weighted by atomic mass is 9.88. The van der Waals surface area contributed by atoms with E-state index < -0.39 is 23.6 Å². The smallest absolute Gasteiger partial charge is 0.338 e. The van der Waals surface area contributed by atoms with Crippen molar-refractivity contribution in [3.05, 3.63) is 71.8 Å². The second kappa shape index (κ2) is 8.52. The zero-order chi connectivity index (χ0) is 22.9. The van der Waals surface area contributed by atoms with Gasteiger partial charge in [-0.3, -0.25) is 0 Å². The van der Waals surface area contributed by atoms with Gasteiger partial charge in [0, 0.05) is 33.0 Å². The number of fused-ring (bicyclic) bond motifs is 2. The van der Waals surface area contributed by atoms with Crippen molar-refractivity contribution in [2.75, 3.05) is 0 Å². The minimum atomic E-state index is -0.525. The van der Waals surface area contributed by atoms with Gasteiger partial charge >= 0.3 is 11.9 Å². The van der Waals surface area contributed by atoms with Gasteiger partial charge in [-0.25, -0.2) is 9.59 Å². The number of rotatable bonds is 5. The highest BCUT2D eigenvalue weighted by molar-refractivity contribution is 6.01. The van der Waals surface area contributed by atoms with Crippen molar-refractivity contribution in [2.24, 2.45) is 0 Å². The quantitative estimate of drug-likeness (QED) is 0.266. The number of allylic oxidation sites excluding steroid dienone is 1. The fraction of sp³-hybridized carbons (Fsp3) is 0.308. The van der Waals surface area contributed by atoms with Crippen LogP contribution >= 0.6 is 0 Å². The van der Waals surface area contributed by atoms with E-state index in [1.165, 1.54) is 0 Å². The molecule has 1 aliphatic carbocycles. The maximum Gasteiger partial charge on any atom is 0.338 e. The third-order valence-corrected chi connectivity index (χ3v) is 4.74. The number of carbonyl (C=O) groups is 2. The molecule has 5 nitrogen and oxygen atoms in total. The van der Waals surface area contributed by atoms with Crippen molar-refractivity contribution in [1.29, 1.82) is 0 Å². The second-order valence-electron chi connectivity index (χ2n) is 8.72. The highest BCUT2D eigenvalue weighted by atomic mass is 16.5. The molecule has 0 fully saturated rings. The van der Waals surface area contributed by atoms with Crippen molar-refractivity contribution < 1.29 is 23.8 Å². The van der Waals surface area contributed by atoms with E-state index in [-0.39, 0.29) is 5.57 Å². The molecule has 2 aromatic rings. The number of hydrogen-bond acceptors (Lipinski definition) is 5. The fourth-order valence-corrected chi connectivity index (χ4v) is 3.42. The Hall–Kier alpha value is -3.18. The fourth-order valence-electron chi connectivity index (χ4n) is 3.42. The molecule has 1 aliphatic rings. The lowest BCUT2D eigenvalue weighted by Crippen LogP contribution is -2.25. The summed E-state index contributed by atoms with van der Waals surface area (Å²) in [5.74, 6) is -0.210. The van der Waals surface area contributed by atoms with E-state index in [0.717, 1.165) is 5.56 Å². The standard InChI is InChI=1S/C26H28O5/c1-15(2)24(27)29-22-17-11-8-9-12-18(17)23(30-25(28)16(3)4)21-19(22)13-10-14-20(21)31-26(5,6)7/h8-12,14,20H,1,3,13H2,2,4-7H3. The van der Waals surface area contributed by atoms with Gasteiger partial charge in [0.1, 0.15) is 17.6 Å². The summed E-state index contributed by atoms with van der Waals surface area (Å²) in [4.78, 5) is 24.9. The Morgan fingerprint density at radius 1 is 0.935 bits per heavy atom. The molecule has 31 heavy (non-hydrogen) atoms. The summed E-state index contributed by atoms with van der Waals surface area (Å²) < 4.78 is 17.9. The van der Waals surface area contributed by atoms with Crippen molar-refractivity contribution in [3.8, 4) is 11.5 Å². The first kappa shape index (κ1) is 22.5. The maximum absolute atomic E-state index is 12.5. The van der Waals surface area contributed by atoms with Gasteiger partial charge in [-0.2, -0.15) is 0 Å². The van der Waals surface area contributed by atoms with Gasteiger partial charge in [-0.15, -0.1) is 0 Å². The Labute approximate surface area is 183 Å². The lowest BCUT2D eigenvalue weighted by molar-refractivity contribution is -0.131. The van der Waals surface area contributed by atoms with E-state index in [0.29, 0.717) is 39.8 Å². The first-order valence-corrected chi connectivity index (χ1v) is 10.2. The number of esters is 2. The zero-order valence-electron chi connectivity index (χ0n) is 18.7. The Balaban J connectivity index is 2.34. The molecule has 0 bridgehead atoms. The average Bonchev–Trinajstić information content (AvgIpc) is 2.68. The molecule has 0 saturated heterocycles. The Bertz CT molecular complexity index is 1110. The first-order valence-electron chi connectivity index (χ1n) is 10.2. The molecule has 0 aromatic heterocycles. The Morgan fingerprint density at radius 3 is 1.97 bits per heavy atom. The monoisotopic (exact) mass is 420 g/mol. The molecule has 162 valence electrons. The second-order valence-corrected chi connectivity index (χ2v) is 8.72. The van der Waals surface area contributed by atoms with Crippen LogP contribution in [0.1, 0.15) is 51.8 Å². The molecule has 1 atom stereocenters. The summed E-state index contributed by atoms with van der Waals surface area (Å²) in [6.07, 6.45) is 3.92. The number of carbonyl (C=O) groups excluding carboxylic acids is 2. The predicted octanol–water partition coefficient (Wildman–Crippen LogP) is 5.77. The van der Waals surface area contributed by atoms with Crippen molar-refractivity contribution in [3.63, 3.8) is 0 Å². The van der Waals surface area contributed by atoms with E-state index in [9.17, 15) is 9.59 Å². The predicted molar refractivity (Wildman–Crippen MR) is 121 cm³/mol. The van der Waals surface area contributed by atoms with Gasteiger partial charge in [0.25, 0.3) is 0 Å². The molecule has 0 aliphatic heterocycles. The Morgan fingerprint density at radius 2 is 1.45 bits per heavy atom. The molecule has 2 aromatic carbocycles. The minimum Gasteiger partial charge on any atom is -0.422 e. The van der Waals surface area contributed by atoms with Crippen LogP contribution in [0.3, 0.4) is 0 Å². The van der Waals surface area contributed by atoms with Crippen LogP contribution in [-0.4, -0.2) is 17.5 Å². The molecule has 0 amide bonds. The highest BCUT2D eigenvalue weighted by Gasteiger charge is 2.32. The molecular formula is C26H28O5. The Kier molecular flexibility index (Phi) is 6.18. The van der Waals surface area contributed by atoms with Crippen molar-refractivity contribution in [2.45, 2.75) is 52.7 Å². The summed E-state index contributed by atoms with van der Waals surface area (Å²) in [6, 6.07) is 7.36. The van der Waals surface area contributed by atoms with Gasteiger partial charge in [0.2, 0.25) is 0 Å². The van der Waals surface area contributed by atoms with E-state index >= 15 is 0 Å². The molecular weight excluding hydrogens is 392 g/mol. The van der Waals surface area contributed by atoms with Crippen LogP contribution in [0.25, 0.3) is 10.8 Å². The zero-order valence-corrected chi connectivity index (χ0v) is 18.7. The van der Waals surface area contributed by atoms with Crippen molar-refractivity contribution >= 4 is 22.7 Å². The third-order valence-electron chi connectivity index (χ3n) is 4.74. The van der Waals surface area contributed by atoms with Gasteiger partial charge in [-0.05, 0) is 41.0 Å². The molecule has 0 heterocycles. The molecule has 5 heteroatoms. The summed E-state index contributed by atoms with van der Waals surface area (Å²) in [5, 5.41) is 1.32. The molecule has 1 unspecified atom stereocenters. The van der Waals surface area contributed by atoms with Gasteiger partial charge in [0.15, 0.2) is 0 Å². The summed E-state index contributed by atoms with van der Waals surface area (Å²) in [5.41, 5.74) is 1.55. The van der Waals surface area contributed by atoms with Gasteiger partial charge in [-0.1, -0.05) is 49.6 Å². The first-order chi connectivity index (χ1) is 14.5. The van der Waals surface area contributed by atoms with Gasteiger partial charge in [0.05, 0.1) is 5.60 Å². The van der Waals surface area contributed by atoms with E-state index in [4.69, 9.17) is 14.2 Å². The van der Waals surface area contributed by atoms with Crippen LogP contribution in [0.4, 0.5) is 0 Å². The molecule has 3 rings (SSSR count). The number of hydrogen-bond donors (Lipinski definition) is 0. The van der Waals surface area contributed by atoms with Crippen molar-refractivity contribution in [1.82, 2.24) is 0 Å². The van der Waals surface area contributed by atoms with E-state index in [2.05, 4.69) is 13.2 Å². The average molecular weight is 421 g/mol. The third kappa shape index (κ3) is 4.78. The van der Waals surface area contributed by atoms with Crippen LogP contribution in [0.15, 0.2) is 60.7 Å². The SMILES string of the molecule is C=C(C)C(=O)Oc1c2c(c(OC(=O)C(=C)C)c3ccccc13)C(OC(C)(C)C)C=CC2. The van der Waals surface area contributed by atoms with Crippen LogP contribution in [0, 0.1) is 0 Å². The summed E-state index contributed by atoms with van der Waals surface area (Å²) in [7, 11) is 0. The van der Waals surface area contributed by atoms with Gasteiger partial charge < -0.3 is 14.2 Å². The van der Waals surface area contributed by atoms with E-state index in [1.54, 1.807) is 13.8 Å². The highest BCUT2D eigenvalue weighted by Crippen LogP contribution is 2.48. The normalized spacial score (nSPS) is 15.3. The number of benzene rings is 2. The lowest BCUT2D eigenvalue weighted by Gasteiger charge is -2.32. The molecule has 0 spiro atoms. The van der Waals surface area contributed by atoms with Crippen LogP contribution in [-0.2, 0) is 20.7 Å². The molecule has 0 radical (unpaired) electrons. The number of ether oxygens (including phenoxy) is 3. The van der Waals surface area contributed by atoms with E-state index in [1.807, 2.05) is 57.2 Å². The van der Waals surface area contributed by atoms with Crippen LogP contribution in [0.5, 0.6) is 11.5 Å². The largest absolute Gasteiger partial charge is 0.422 e. The summed E-state index contributed by atoms with van der Waals surface area (Å²) in [6.45, 7) is 16.5. The van der Waals surface area contributed by atoms with Crippen LogP contribution < -0.4 is 9.47 Å². The molecule has 0 N–H and O–H groups in total. The topological polar surface area (TPSA) is 61.8 Å². The minimum absolute atomic E-state index is 0.287.